The number of hydrogen-bond acceptors (Lipinski definition) is 2. The van der Waals surface area contributed by atoms with Crippen LogP contribution in [0.4, 0.5) is 4.39 Å². The second-order valence-corrected chi connectivity index (χ2v) is 3.35. The van der Waals surface area contributed by atoms with Crippen molar-refractivity contribution >= 4 is 28.5 Å². The number of fused-ring (bicyclic) bond motifs is 1. The monoisotopic (exact) mass is 225 g/mol. The van der Waals surface area contributed by atoms with E-state index in [-0.39, 0.29) is 16.2 Å². The Morgan fingerprint density at radius 1 is 1.40 bits per heavy atom. The van der Waals surface area contributed by atoms with Gasteiger partial charge in [0.15, 0.2) is 0 Å². The van der Waals surface area contributed by atoms with E-state index < -0.39 is 11.8 Å². The molecule has 0 aliphatic rings. The molecule has 0 radical (unpaired) electrons. The van der Waals surface area contributed by atoms with Crippen LogP contribution in [0.2, 0.25) is 5.15 Å². The van der Waals surface area contributed by atoms with Gasteiger partial charge in [-0.05, 0) is 18.2 Å². The number of pyridine rings is 1. The fourth-order valence-electron chi connectivity index (χ4n) is 1.35. The largest absolute Gasteiger partial charge is 0.478 e. The molecule has 0 fully saturated rings. The maximum Gasteiger partial charge on any atom is 0.336 e. The van der Waals surface area contributed by atoms with Crippen LogP contribution in [0.5, 0.6) is 0 Å². The molecule has 1 heterocycles. The molecule has 0 aliphatic heterocycles. The highest BCUT2D eigenvalue weighted by Crippen LogP contribution is 2.21. The molecule has 0 amide bonds. The maximum atomic E-state index is 12.9. The number of carboxylic acids is 1. The van der Waals surface area contributed by atoms with E-state index in [9.17, 15) is 9.18 Å². The summed E-state index contributed by atoms with van der Waals surface area (Å²) >= 11 is 5.62. The lowest BCUT2D eigenvalue weighted by Crippen LogP contribution is -1.99. The van der Waals surface area contributed by atoms with Crippen LogP contribution in [0.1, 0.15) is 10.4 Å². The first kappa shape index (κ1) is 9.86. The minimum absolute atomic E-state index is 0.0185. The molecule has 1 N–H and O–H groups in total. The second-order valence-electron chi connectivity index (χ2n) is 2.96. The fourth-order valence-corrected chi connectivity index (χ4v) is 1.55. The Kier molecular flexibility index (Phi) is 2.28. The van der Waals surface area contributed by atoms with Crippen molar-refractivity contribution in [3.63, 3.8) is 0 Å². The quantitative estimate of drug-likeness (QED) is 0.760. The lowest BCUT2D eigenvalue weighted by molar-refractivity contribution is 0.0699. The molecule has 1 aromatic carbocycles. The molecule has 0 spiro atoms. The summed E-state index contributed by atoms with van der Waals surface area (Å²) in [6, 6.07) is 4.94. The van der Waals surface area contributed by atoms with Crippen molar-refractivity contribution in [2.45, 2.75) is 0 Å². The third-order valence-electron chi connectivity index (χ3n) is 1.97. The predicted molar refractivity (Wildman–Crippen MR) is 53.7 cm³/mol. The van der Waals surface area contributed by atoms with Gasteiger partial charge in [0.1, 0.15) is 11.0 Å². The van der Waals surface area contributed by atoms with Gasteiger partial charge in [0, 0.05) is 11.5 Å². The molecule has 0 unspecified atom stereocenters. The zero-order chi connectivity index (χ0) is 11.0. The van der Waals surface area contributed by atoms with Crippen molar-refractivity contribution in [2.24, 2.45) is 0 Å². The molecule has 0 atom stereocenters. The van der Waals surface area contributed by atoms with Crippen LogP contribution < -0.4 is 0 Å². The van der Waals surface area contributed by atoms with Crippen LogP contribution in [0, 0.1) is 5.82 Å². The summed E-state index contributed by atoms with van der Waals surface area (Å²) < 4.78 is 12.9. The molecule has 5 heteroatoms. The highest BCUT2D eigenvalue weighted by molar-refractivity contribution is 6.30. The van der Waals surface area contributed by atoms with Crippen molar-refractivity contribution in [2.75, 3.05) is 0 Å². The van der Waals surface area contributed by atoms with Gasteiger partial charge < -0.3 is 5.11 Å². The van der Waals surface area contributed by atoms with E-state index in [1.807, 2.05) is 0 Å². The number of hydrogen-bond donors (Lipinski definition) is 1. The fraction of sp³-hybridized carbons (Fsp3) is 0. The molecule has 76 valence electrons. The van der Waals surface area contributed by atoms with Gasteiger partial charge in [-0.25, -0.2) is 14.2 Å². The van der Waals surface area contributed by atoms with Crippen LogP contribution in [0.25, 0.3) is 10.9 Å². The smallest absolute Gasteiger partial charge is 0.336 e. The summed E-state index contributed by atoms with van der Waals surface area (Å²) in [5.41, 5.74) is 0.255. The third kappa shape index (κ3) is 1.76. The van der Waals surface area contributed by atoms with Gasteiger partial charge in [-0.1, -0.05) is 11.6 Å². The van der Waals surface area contributed by atoms with Crippen LogP contribution >= 0.6 is 11.6 Å². The number of rotatable bonds is 1. The average molecular weight is 226 g/mol. The topological polar surface area (TPSA) is 50.2 Å². The minimum Gasteiger partial charge on any atom is -0.478 e. The SMILES string of the molecule is O=C(O)c1cc(Cl)nc2cc(F)ccc12. The van der Waals surface area contributed by atoms with Crippen LogP contribution in [0.15, 0.2) is 24.3 Å². The lowest BCUT2D eigenvalue weighted by atomic mass is 10.1. The number of nitrogens with zero attached hydrogens (tertiary/aromatic N) is 1. The Morgan fingerprint density at radius 3 is 2.80 bits per heavy atom. The van der Waals surface area contributed by atoms with Crippen molar-refractivity contribution in [3.05, 3.63) is 40.8 Å². The summed E-state index contributed by atoms with van der Waals surface area (Å²) in [6.07, 6.45) is 0. The molecule has 0 saturated heterocycles. The van der Waals surface area contributed by atoms with Gasteiger partial charge in [-0.2, -0.15) is 0 Å². The molecule has 0 bridgehead atoms. The molecule has 15 heavy (non-hydrogen) atoms. The predicted octanol–water partition coefficient (Wildman–Crippen LogP) is 2.73. The zero-order valence-corrected chi connectivity index (χ0v) is 8.12. The molecular formula is C10H5ClFNO2. The summed E-state index contributed by atoms with van der Waals surface area (Å²) in [6.45, 7) is 0. The Hall–Kier alpha value is -1.68. The first-order chi connectivity index (χ1) is 7.08. The van der Waals surface area contributed by atoms with Gasteiger partial charge in [-0.15, -0.1) is 0 Å². The standard InChI is InChI=1S/C10H5ClFNO2/c11-9-4-7(10(14)15)6-2-1-5(12)3-8(6)13-9/h1-4H,(H,14,15). The molecule has 1 aromatic heterocycles. The molecule has 0 saturated carbocycles. The van der Waals surface area contributed by atoms with Gasteiger partial charge in [0.2, 0.25) is 0 Å². The number of halogens is 2. The van der Waals surface area contributed by atoms with E-state index in [0.717, 1.165) is 6.07 Å². The van der Waals surface area contributed by atoms with E-state index >= 15 is 0 Å². The Labute approximate surface area is 89.1 Å². The van der Waals surface area contributed by atoms with Gasteiger partial charge in [0.05, 0.1) is 11.1 Å². The van der Waals surface area contributed by atoms with E-state index in [0.29, 0.717) is 5.39 Å². The van der Waals surface area contributed by atoms with Crippen LogP contribution in [-0.2, 0) is 0 Å². The molecular weight excluding hydrogens is 221 g/mol. The van der Waals surface area contributed by atoms with Crippen molar-refractivity contribution in [1.82, 2.24) is 4.98 Å². The van der Waals surface area contributed by atoms with Gasteiger partial charge >= 0.3 is 5.97 Å². The highest BCUT2D eigenvalue weighted by Gasteiger charge is 2.11. The van der Waals surface area contributed by atoms with Crippen LogP contribution in [0.3, 0.4) is 0 Å². The van der Waals surface area contributed by atoms with Crippen molar-refractivity contribution < 1.29 is 14.3 Å². The van der Waals surface area contributed by atoms with Crippen molar-refractivity contribution in [3.8, 4) is 0 Å². The lowest BCUT2D eigenvalue weighted by Gasteiger charge is -2.02. The molecule has 2 aromatic rings. The second kappa shape index (κ2) is 3.47. The third-order valence-corrected chi connectivity index (χ3v) is 2.16. The first-order valence-corrected chi connectivity index (χ1v) is 4.45. The Balaban J connectivity index is 2.86. The van der Waals surface area contributed by atoms with E-state index in [1.54, 1.807) is 0 Å². The molecule has 0 aliphatic carbocycles. The van der Waals surface area contributed by atoms with E-state index in [1.165, 1.54) is 18.2 Å². The Morgan fingerprint density at radius 2 is 2.13 bits per heavy atom. The van der Waals surface area contributed by atoms with Crippen molar-refractivity contribution in [1.29, 1.82) is 0 Å². The summed E-state index contributed by atoms with van der Waals surface area (Å²) in [7, 11) is 0. The molecule has 2 rings (SSSR count). The molecule has 3 nitrogen and oxygen atoms in total. The highest BCUT2D eigenvalue weighted by atomic mass is 35.5. The first-order valence-electron chi connectivity index (χ1n) is 4.07. The van der Waals surface area contributed by atoms with Gasteiger partial charge in [-0.3, -0.25) is 0 Å². The number of benzene rings is 1. The minimum atomic E-state index is -1.11. The van der Waals surface area contributed by atoms with E-state index in [4.69, 9.17) is 16.7 Å². The summed E-state index contributed by atoms with van der Waals surface area (Å²) in [4.78, 5) is 14.7. The summed E-state index contributed by atoms with van der Waals surface area (Å²) in [5.74, 6) is -1.59. The van der Waals surface area contributed by atoms with E-state index in [2.05, 4.69) is 4.98 Å². The Bertz CT molecular complexity index is 551. The zero-order valence-electron chi connectivity index (χ0n) is 7.37. The number of aromatic nitrogens is 1. The number of carboxylic acid groups (broad SMARTS) is 1. The van der Waals surface area contributed by atoms with Crippen LogP contribution in [-0.4, -0.2) is 16.1 Å². The average Bonchev–Trinajstić information content (AvgIpc) is 2.15. The number of aromatic carboxylic acids is 1. The normalized spacial score (nSPS) is 10.5. The maximum absolute atomic E-state index is 12.9. The summed E-state index contributed by atoms with van der Waals surface area (Å²) in [5, 5.41) is 9.30. The number of carbonyl (C=O) groups is 1. The van der Waals surface area contributed by atoms with Gasteiger partial charge in [0.25, 0.3) is 0 Å².